The van der Waals surface area contributed by atoms with Gasteiger partial charge in [0, 0.05) is 12.2 Å². The van der Waals surface area contributed by atoms with Crippen LogP contribution in [0.3, 0.4) is 0 Å². The van der Waals surface area contributed by atoms with Crippen LogP contribution in [0, 0.1) is 5.92 Å². The molecule has 0 aromatic rings. The van der Waals surface area contributed by atoms with Gasteiger partial charge in [0.15, 0.2) is 5.78 Å². The number of hydrogen-bond acceptors (Lipinski definition) is 4. The van der Waals surface area contributed by atoms with Gasteiger partial charge in [-0.25, -0.2) is 9.59 Å². The quantitative estimate of drug-likeness (QED) is 0.536. The van der Waals surface area contributed by atoms with Crippen molar-refractivity contribution in [3.8, 4) is 0 Å². The summed E-state index contributed by atoms with van der Waals surface area (Å²) in [6.07, 6.45) is 2.02. The summed E-state index contributed by atoms with van der Waals surface area (Å²) in [6, 6.07) is 0. The van der Waals surface area contributed by atoms with Gasteiger partial charge in [-0.1, -0.05) is 13.5 Å². The molecule has 17 heavy (non-hydrogen) atoms. The highest BCUT2D eigenvalue weighted by Crippen LogP contribution is 2.10. The van der Waals surface area contributed by atoms with Crippen LogP contribution in [0.4, 0.5) is 0 Å². The number of carbonyl (C=O) groups is 3. The third kappa shape index (κ3) is 6.29. The van der Waals surface area contributed by atoms with Crippen LogP contribution in [0.25, 0.3) is 0 Å². The Balaban J connectivity index is 4.25. The van der Waals surface area contributed by atoms with Gasteiger partial charge in [0.2, 0.25) is 0 Å². The number of rotatable bonds is 7. The van der Waals surface area contributed by atoms with E-state index in [1.807, 2.05) is 0 Å². The van der Waals surface area contributed by atoms with Crippen molar-refractivity contribution in [2.75, 3.05) is 6.61 Å². The van der Waals surface area contributed by atoms with Crippen molar-refractivity contribution >= 4 is 17.7 Å². The Hall–Kier alpha value is -1.91. The molecule has 5 heteroatoms. The topological polar surface area (TPSA) is 80.7 Å². The van der Waals surface area contributed by atoms with Gasteiger partial charge in [-0.3, -0.25) is 4.79 Å². The first-order chi connectivity index (χ1) is 7.88. The third-order valence-electron chi connectivity index (χ3n) is 2.07. The van der Waals surface area contributed by atoms with Gasteiger partial charge in [0.1, 0.15) is 6.61 Å². The number of aliphatic carboxylic acids is 1. The maximum Gasteiger partial charge on any atom is 0.331 e. The number of carbonyl (C=O) groups excluding carboxylic acids is 2. The highest BCUT2D eigenvalue weighted by molar-refractivity contribution is 5.96. The van der Waals surface area contributed by atoms with Crippen molar-refractivity contribution in [1.82, 2.24) is 0 Å². The molecule has 0 aromatic carbocycles. The van der Waals surface area contributed by atoms with E-state index < -0.39 is 17.9 Å². The standard InChI is InChI=1S/C12H16O5/c1-4-9(12(16)8(2)3)7-17-11(15)6-5-10(13)14/h5-6,9H,2,4,7H2,1,3H3,(H,13,14)/b6-5-. The lowest BCUT2D eigenvalue weighted by molar-refractivity contribution is -0.141. The number of esters is 1. The minimum absolute atomic E-state index is 0.0645. The molecular weight excluding hydrogens is 224 g/mol. The molecular formula is C12H16O5. The van der Waals surface area contributed by atoms with Crippen molar-refractivity contribution in [1.29, 1.82) is 0 Å². The van der Waals surface area contributed by atoms with Gasteiger partial charge in [0.05, 0.1) is 5.92 Å². The number of allylic oxidation sites excluding steroid dienone is 1. The van der Waals surface area contributed by atoms with Crippen LogP contribution in [0.1, 0.15) is 20.3 Å². The van der Waals surface area contributed by atoms with Gasteiger partial charge in [-0.15, -0.1) is 0 Å². The summed E-state index contributed by atoms with van der Waals surface area (Å²) in [5.41, 5.74) is 0.411. The first-order valence-corrected chi connectivity index (χ1v) is 5.16. The Bertz CT molecular complexity index is 354. The highest BCUT2D eigenvalue weighted by Gasteiger charge is 2.18. The summed E-state index contributed by atoms with van der Waals surface area (Å²) < 4.78 is 4.77. The molecule has 0 aliphatic carbocycles. The van der Waals surface area contributed by atoms with E-state index in [-0.39, 0.29) is 12.4 Å². The molecule has 0 radical (unpaired) electrons. The fraction of sp³-hybridized carbons (Fsp3) is 0.417. The average Bonchev–Trinajstić information content (AvgIpc) is 2.26. The first kappa shape index (κ1) is 15.1. The molecule has 1 atom stereocenters. The summed E-state index contributed by atoms with van der Waals surface area (Å²) in [7, 11) is 0. The fourth-order valence-electron chi connectivity index (χ4n) is 1.10. The molecule has 0 saturated carbocycles. The van der Waals surface area contributed by atoms with E-state index in [2.05, 4.69) is 6.58 Å². The minimum atomic E-state index is -1.23. The molecule has 0 rings (SSSR count). The lowest BCUT2D eigenvalue weighted by Crippen LogP contribution is -2.21. The van der Waals surface area contributed by atoms with Crippen LogP contribution in [-0.4, -0.2) is 29.4 Å². The van der Waals surface area contributed by atoms with Gasteiger partial charge in [0.25, 0.3) is 0 Å². The van der Waals surface area contributed by atoms with Crippen LogP contribution in [0.2, 0.25) is 0 Å². The van der Waals surface area contributed by atoms with Crippen LogP contribution in [0.15, 0.2) is 24.3 Å². The molecule has 0 fully saturated rings. The van der Waals surface area contributed by atoms with Gasteiger partial charge in [-0.05, 0) is 18.9 Å². The fourth-order valence-corrected chi connectivity index (χ4v) is 1.10. The molecule has 0 bridgehead atoms. The molecule has 1 N–H and O–H groups in total. The summed E-state index contributed by atoms with van der Waals surface area (Å²) in [4.78, 5) is 32.7. The number of carboxylic acid groups (broad SMARTS) is 1. The van der Waals surface area contributed by atoms with E-state index >= 15 is 0 Å². The largest absolute Gasteiger partial charge is 0.478 e. The zero-order valence-electron chi connectivity index (χ0n) is 9.93. The number of Topliss-reactive ketones (excluding diaryl/α,β-unsaturated/α-hetero) is 1. The van der Waals surface area contributed by atoms with Crippen LogP contribution >= 0.6 is 0 Å². The lowest BCUT2D eigenvalue weighted by Gasteiger charge is -2.12. The summed E-state index contributed by atoms with van der Waals surface area (Å²) >= 11 is 0. The summed E-state index contributed by atoms with van der Waals surface area (Å²) in [5, 5.41) is 8.29. The number of ketones is 1. The normalized spacial score (nSPS) is 12.1. The smallest absolute Gasteiger partial charge is 0.331 e. The van der Waals surface area contributed by atoms with Crippen molar-refractivity contribution < 1.29 is 24.2 Å². The second-order valence-electron chi connectivity index (χ2n) is 3.55. The van der Waals surface area contributed by atoms with Crippen molar-refractivity contribution in [3.63, 3.8) is 0 Å². The van der Waals surface area contributed by atoms with Crippen LogP contribution < -0.4 is 0 Å². The Labute approximate surface area is 99.8 Å². The molecule has 0 aliphatic heterocycles. The number of carboxylic acids is 1. The molecule has 1 unspecified atom stereocenters. The zero-order valence-corrected chi connectivity index (χ0v) is 9.93. The van der Waals surface area contributed by atoms with Crippen LogP contribution in [-0.2, 0) is 19.1 Å². The van der Waals surface area contributed by atoms with E-state index in [1.54, 1.807) is 13.8 Å². The number of ether oxygens (including phenoxy) is 1. The van der Waals surface area contributed by atoms with E-state index in [4.69, 9.17) is 9.84 Å². The van der Waals surface area contributed by atoms with Gasteiger partial charge < -0.3 is 9.84 Å². The molecule has 0 aliphatic rings. The monoisotopic (exact) mass is 240 g/mol. The predicted octanol–water partition coefficient (Wildman–Crippen LogP) is 1.34. The lowest BCUT2D eigenvalue weighted by atomic mass is 9.98. The van der Waals surface area contributed by atoms with Gasteiger partial charge >= 0.3 is 11.9 Å². The summed E-state index contributed by atoms with van der Waals surface area (Å²) in [5.74, 6) is -2.58. The van der Waals surface area contributed by atoms with E-state index in [0.29, 0.717) is 18.1 Å². The maximum absolute atomic E-state index is 11.5. The molecule has 0 heterocycles. The summed E-state index contributed by atoms with van der Waals surface area (Å²) in [6.45, 7) is 6.86. The maximum atomic E-state index is 11.5. The van der Waals surface area contributed by atoms with Crippen molar-refractivity contribution in [2.45, 2.75) is 20.3 Å². The second-order valence-corrected chi connectivity index (χ2v) is 3.55. The Morgan fingerprint density at radius 3 is 2.35 bits per heavy atom. The average molecular weight is 240 g/mol. The Morgan fingerprint density at radius 1 is 1.35 bits per heavy atom. The molecule has 0 spiro atoms. The van der Waals surface area contributed by atoms with Crippen molar-refractivity contribution in [2.24, 2.45) is 5.92 Å². The zero-order chi connectivity index (χ0) is 13.4. The van der Waals surface area contributed by atoms with E-state index in [0.717, 1.165) is 6.08 Å². The SMILES string of the molecule is C=C(C)C(=O)C(CC)COC(=O)/C=C\C(=O)O. The molecule has 0 aromatic heterocycles. The highest BCUT2D eigenvalue weighted by atomic mass is 16.5. The third-order valence-corrected chi connectivity index (χ3v) is 2.07. The minimum Gasteiger partial charge on any atom is -0.478 e. The molecule has 94 valence electrons. The number of hydrogen-bond donors (Lipinski definition) is 1. The first-order valence-electron chi connectivity index (χ1n) is 5.16. The molecule has 0 saturated heterocycles. The van der Waals surface area contributed by atoms with E-state index in [1.165, 1.54) is 0 Å². The van der Waals surface area contributed by atoms with Crippen LogP contribution in [0.5, 0.6) is 0 Å². The van der Waals surface area contributed by atoms with E-state index in [9.17, 15) is 14.4 Å². The van der Waals surface area contributed by atoms with Gasteiger partial charge in [-0.2, -0.15) is 0 Å². The Morgan fingerprint density at radius 2 is 1.94 bits per heavy atom. The molecule has 0 amide bonds. The van der Waals surface area contributed by atoms with Crippen molar-refractivity contribution in [3.05, 3.63) is 24.3 Å². The predicted molar refractivity (Wildman–Crippen MR) is 61.3 cm³/mol. The second kappa shape index (κ2) is 7.38. The molecule has 5 nitrogen and oxygen atoms in total. The Kier molecular flexibility index (Phi) is 6.55.